The first kappa shape index (κ1) is 12.7. The Morgan fingerprint density at radius 2 is 2.38 bits per heavy atom. The van der Waals surface area contributed by atoms with Gasteiger partial charge in [0.2, 0.25) is 0 Å². The topological polar surface area (TPSA) is 56.1 Å². The van der Waals surface area contributed by atoms with Crippen LogP contribution in [0.2, 0.25) is 0 Å². The number of methoxy groups -OCH3 is 1. The fraction of sp³-hybridized carbons (Fsp3) is 0.636. The number of rotatable bonds is 7. The summed E-state index contributed by atoms with van der Waals surface area (Å²) in [7, 11) is 1.65. The molecule has 0 saturated heterocycles. The molecule has 0 aliphatic carbocycles. The smallest absolute Gasteiger partial charge is 0.268 e. The summed E-state index contributed by atoms with van der Waals surface area (Å²) in [6.45, 7) is 4.17. The number of aryl methyl sites for hydroxylation is 1. The number of anilines is 1. The van der Waals surface area contributed by atoms with Gasteiger partial charge in [-0.25, -0.2) is 4.68 Å². The Morgan fingerprint density at radius 1 is 1.56 bits per heavy atom. The normalized spacial score (nSPS) is 10.4. The van der Waals surface area contributed by atoms with E-state index in [0.717, 1.165) is 25.1 Å². The van der Waals surface area contributed by atoms with Crippen molar-refractivity contribution in [2.75, 3.05) is 25.6 Å². The predicted octanol–water partition coefficient (Wildman–Crippen LogP) is 1.10. The van der Waals surface area contributed by atoms with Crippen molar-refractivity contribution in [3.8, 4) is 0 Å². The number of ether oxygens (including phenoxy) is 1. The minimum absolute atomic E-state index is 0.0720. The summed E-state index contributed by atoms with van der Waals surface area (Å²) in [6.07, 6.45) is 3.51. The third-order valence-corrected chi connectivity index (χ3v) is 2.17. The van der Waals surface area contributed by atoms with Gasteiger partial charge in [0.15, 0.2) is 0 Å². The Morgan fingerprint density at radius 3 is 3.00 bits per heavy atom. The summed E-state index contributed by atoms with van der Waals surface area (Å²) in [5.74, 6) is 0. The van der Waals surface area contributed by atoms with E-state index in [2.05, 4.69) is 17.3 Å². The van der Waals surface area contributed by atoms with Gasteiger partial charge in [-0.1, -0.05) is 6.92 Å². The van der Waals surface area contributed by atoms with Gasteiger partial charge in [-0.3, -0.25) is 4.79 Å². The maximum Gasteiger partial charge on any atom is 0.268 e. The molecular weight excluding hydrogens is 206 g/mol. The van der Waals surface area contributed by atoms with Crippen LogP contribution in [0.1, 0.15) is 19.8 Å². The molecule has 0 unspecified atom stereocenters. The Hall–Kier alpha value is -1.36. The van der Waals surface area contributed by atoms with Crippen molar-refractivity contribution in [1.29, 1.82) is 0 Å². The van der Waals surface area contributed by atoms with Crippen LogP contribution in [0.3, 0.4) is 0 Å². The molecule has 5 heteroatoms. The lowest BCUT2D eigenvalue weighted by molar-refractivity contribution is 0.188. The Labute approximate surface area is 95.4 Å². The molecule has 0 bridgehead atoms. The van der Waals surface area contributed by atoms with Gasteiger partial charge in [-0.15, -0.1) is 0 Å². The molecule has 0 amide bonds. The average molecular weight is 225 g/mol. The molecule has 0 atom stereocenters. The summed E-state index contributed by atoms with van der Waals surface area (Å²) < 4.78 is 6.38. The monoisotopic (exact) mass is 225 g/mol. The first-order chi connectivity index (χ1) is 7.77. The molecule has 1 N–H and O–H groups in total. The standard InChI is InChI=1S/C11H19N3O2/c1-3-5-12-10-8-11(15)14(13-9-10)6-4-7-16-2/h8-9,12H,3-7H2,1-2H3. The van der Waals surface area contributed by atoms with Crippen LogP contribution in [-0.4, -0.2) is 30.0 Å². The van der Waals surface area contributed by atoms with E-state index in [1.165, 1.54) is 4.68 Å². The van der Waals surface area contributed by atoms with Gasteiger partial charge in [-0.2, -0.15) is 5.10 Å². The highest BCUT2D eigenvalue weighted by Crippen LogP contribution is 1.99. The molecule has 0 saturated carbocycles. The Balaban J connectivity index is 2.57. The highest BCUT2D eigenvalue weighted by atomic mass is 16.5. The van der Waals surface area contributed by atoms with Crippen LogP contribution >= 0.6 is 0 Å². The molecule has 0 aliphatic heterocycles. The molecule has 0 aliphatic rings. The molecule has 5 nitrogen and oxygen atoms in total. The molecule has 0 radical (unpaired) electrons. The number of aromatic nitrogens is 2. The zero-order valence-electron chi connectivity index (χ0n) is 9.90. The summed E-state index contributed by atoms with van der Waals surface area (Å²) in [5, 5.41) is 7.22. The van der Waals surface area contributed by atoms with Crippen LogP contribution in [-0.2, 0) is 11.3 Å². The molecule has 16 heavy (non-hydrogen) atoms. The minimum Gasteiger partial charge on any atom is -0.385 e. The highest BCUT2D eigenvalue weighted by Gasteiger charge is 1.99. The van der Waals surface area contributed by atoms with E-state index in [0.29, 0.717) is 13.2 Å². The van der Waals surface area contributed by atoms with Crippen LogP contribution in [0.4, 0.5) is 5.69 Å². The molecule has 1 rings (SSSR count). The van der Waals surface area contributed by atoms with Crippen molar-refractivity contribution in [3.63, 3.8) is 0 Å². The van der Waals surface area contributed by atoms with Gasteiger partial charge in [0.25, 0.3) is 5.56 Å². The minimum atomic E-state index is -0.0720. The van der Waals surface area contributed by atoms with E-state index >= 15 is 0 Å². The fourth-order valence-electron chi connectivity index (χ4n) is 1.33. The van der Waals surface area contributed by atoms with Crippen LogP contribution < -0.4 is 10.9 Å². The average Bonchev–Trinajstić information content (AvgIpc) is 2.29. The number of nitrogens with one attached hydrogen (secondary N) is 1. The maximum absolute atomic E-state index is 11.6. The SMILES string of the molecule is CCCNc1cnn(CCCOC)c(=O)c1. The third kappa shape index (κ3) is 4.02. The Bertz CT molecular complexity index is 362. The maximum atomic E-state index is 11.6. The van der Waals surface area contributed by atoms with Crippen molar-refractivity contribution >= 4 is 5.69 Å². The summed E-state index contributed by atoms with van der Waals surface area (Å²) in [6, 6.07) is 1.58. The zero-order chi connectivity index (χ0) is 11.8. The van der Waals surface area contributed by atoms with Crippen LogP contribution in [0.25, 0.3) is 0 Å². The molecule has 0 aromatic carbocycles. The zero-order valence-corrected chi connectivity index (χ0v) is 9.90. The number of hydrogen-bond donors (Lipinski definition) is 1. The van der Waals surface area contributed by atoms with Gasteiger partial charge < -0.3 is 10.1 Å². The molecule has 0 fully saturated rings. The van der Waals surface area contributed by atoms with E-state index < -0.39 is 0 Å². The van der Waals surface area contributed by atoms with Gasteiger partial charge in [0, 0.05) is 32.9 Å². The molecule has 1 aromatic heterocycles. The van der Waals surface area contributed by atoms with Gasteiger partial charge >= 0.3 is 0 Å². The van der Waals surface area contributed by atoms with E-state index in [9.17, 15) is 4.79 Å². The molecule has 0 spiro atoms. The molecule has 1 heterocycles. The Kier molecular flexibility index (Phi) is 5.56. The number of nitrogens with zero attached hydrogens (tertiary/aromatic N) is 2. The van der Waals surface area contributed by atoms with Gasteiger partial charge in [0.05, 0.1) is 11.9 Å². The van der Waals surface area contributed by atoms with Crippen LogP contribution in [0.15, 0.2) is 17.1 Å². The lowest BCUT2D eigenvalue weighted by atomic mass is 10.4. The summed E-state index contributed by atoms with van der Waals surface area (Å²) >= 11 is 0. The van der Waals surface area contributed by atoms with Crippen LogP contribution in [0.5, 0.6) is 0 Å². The van der Waals surface area contributed by atoms with Gasteiger partial charge in [0.1, 0.15) is 0 Å². The largest absolute Gasteiger partial charge is 0.385 e. The van der Waals surface area contributed by atoms with E-state index in [-0.39, 0.29) is 5.56 Å². The van der Waals surface area contributed by atoms with Crippen molar-refractivity contribution in [2.24, 2.45) is 0 Å². The summed E-state index contributed by atoms with van der Waals surface area (Å²) in [5.41, 5.74) is 0.715. The van der Waals surface area contributed by atoms with Crippen molar-refractivity contribution in [1.82, 2.24) is 9.78 Å². The van der Waals surface area contributed by atoms with E-state index in [1.54, 1.807) is 19.4 Å². The first-order valence-corrected chi connectivity index (χ1v) is 5.58. The van der Waals surface area contributed by atoms with E-state index in [4.69, 9.17) is 4.74 Å². The molecular formula is C11H19N3O2. The van der Waals surface area contributed by atoms with Crippen molar-refractivity contribution < 1.29 is 4.74 Å². The lowest BCUT2D eigenvalue weighted by Crippen LogP contribution is -2.23. The molecule has 1 aromatic rings. The predicted molar refractivity (Wildman–Crippen MR) is 63.8 cm³/mol. The van der Waals surface area contributed by atoms with Crippen LogP contribution in [0, 0.1) is 0 Å². The van der Waals surface area contributed by atoms with E-state index in [1.807, 2.05) is 0 Å². The second-order valence-corrected chi connectivity index (χ2v) is 3.58. The molecule has 90 valence electrons. The van der Waals surface area contributed by atoms with Gasteiger partial charge in [-0.05, 0) is 12.8 Å². The van der Waals surface area contributed by atoms with Crippen molar-refractivity contribution in [2.45, 2.75) is 26.3 Å². The second-order valence-electron chi connectivity index (χ2n) is 3.58. The summed E-state index contributed by atoms with van der Waals surface area (Å²) in [4.78, 5) is 11.6. The quantitative estimate of drug-likeness (QED) is 0.706. The lowest BCUT2D eigenvalue weighted by Gasteiger charge is -2.06. The number of hydrogen-bond acceptors (Lipinski definition) is 4. The third-order valence-electron chi connectivity index (χ3n) is 2.17. The fourth-order valence-corrected chi connectivity index (χ4v) is 1.33. The second kappa shape index (κ2) is 7.00. The van der Waals surface area contributed by atoms with Crippen molar-refractivity contribution in [3.05, 3.63) is 22.6 Å². The first-order valence-electron chi connectivity index (χ1n) is 5.58. The highest BCUT2D eigenvalue weighted by molar-refractivity contribution is 5.38.